The van der Waals surface area contributed by atoms with Gasteiger partial charge in [0.05, 0.1) is 6.20 Å². The summed E-state index contributed by atoms with van der Waals surface area (Å²) in [6, 6.07) is 3.25. The lowest BCUT2D eigenvalue weighted by atomic mass is 10.2. The van der Waals surface area contributed by atoms with Crippen LogP contribution in [0.3, 0.4) is 0 Å². The van der Waals surface area contributed by atoms with Gasteiger partial charge in [-0.25, -0.2) is 13.8 Å². The summed E-state index contributed by atoms with van der Waals surface area (Å²) in [6.07, 6.45) is 2.10. The molecule has 0 fully saturated rings. The first kappa shape index (κ1) is 11.7. The molecule has 0 radical (unpaired) electrons. The van der Waals surface area contributed by atoms with Gasteiger partial charge < -0.3 is 9.73 Å². The Hall–Kier alpha value is -1.75. The minimum Gasteiger partial charge on any atom is -0.441 e. The van der Waals surface area contributed by atoms with Gasteiger partial charge in [-0.2, -0.15) is 0 Å². The first-order valence-corrected chi connectivity index (χ1v) is 5.25. The predicted molar refractivity (Wildman–Crippen MR) is 59.5 cm³/mol. The number of aromatic nitrogens is 1. The molecule has 0 spiro atoms. The van der Waals surface area contributed by atoms with E-state index < -0.39 is 11.6 Å². The summed E-state index contributed by atoms with van der Waals surface area (Å²) < 4.78 is 31.4. The zero-order chi connectivity index (χ0) is 12.3. The van der Waals surface area contributed by atoms with Crippen molar-refractivity contribution < 1.29 is 13.2 Å². The zero-order valence-electron chi connectivity index (χ0n) is 9.34. The monoisotopic (exact) mass is 238 g/mol. The molecule has 0 saturated heterocycles. The third kappa shape index (κ3) is 2.88. The summed E-state index contributed by atoms with van der Waals surface area (Å²) in [6.45, 7) is 0.734. The minimum absolute atomic E-state index is 0.353. The fraction of sp³-hybridized carbons (Fsp3) is 0.250. The number of halogens is 2. The van der Waals surface area contributed by atoms with Gasteiger partial charge in [0.1, 0.15) is 11.6 Å². The minimum atomic E-state index is -0.631. The molecule has 1 aromatic heterocycles. The molecular formula is C12H12F2N2O. The molecule has 0 aliphatic carbocycles. The van der Waals surface area contributed by atoms with Gasteiger partial charge in [0.15, 0.2) is 11.7 Å². The average molecular weight is 238 g/mol. The van der Waals surface area contributed by atoms with Crippen LogP contribution in [0.1, 0.15) is 5.89 Å². The molecule has 5 heteroatoms. The van der Waals surface area contributed by atoms with Crippen LogP contribution in [0.2, 0.25) is 0 Å². The molecule has 0 saturated carbocycles. The van der Waals surface area contributed by atoms with Gasteiger partial charge in [-0.15, -0.1) is 0 Å². The highest BCUT2D eigenvalue weighted by atomic mass is 19.1. The molecule has 1 heterocycles. The highest BCUT2D eigenvalue weighted by Crippen LogP contribution is 2.22. The molecule has 17 heavy (non-hydrogen) atoms. The van der Waals surface area contributed by atoms with Crippen molar-refractivity contribution in [3.63, 3.8) is 0 Å². The highest BCUT2D eigenvalue weighted by Gasteiger charge is 2.08. The molecule has 0 aliphatic rings. The van der Waals surface area contributed by atoms with Crippen LogP contribution in [0.4, 0.5) is 8.78 Å². The van der Waals surface area contributed by atoms with Crippen molar-refractivity contribution in [1.82, 2.24) is 10.3 Å². The Bertz CT molecular complexity index is 491. The lowest BCUT2D eigenvalue weighted by Crippen LogP contribution is -2.10. The highest BCUT2D eigenvalue weighted by molar-refractivity contribution is 5.56. The van der Waals surface area contributed by atoms with Crippen molar-refractivity contribution in [2.45, 2.75) is 6.42 Å². The summed E-state index contributed by atoms with van der Waals surface area (Å²) in [7, 11) is 1.83. The van der Waals surface area contributed by atoms with Crippen LogP contribution in [-0.2, 0) is 6.42 Å². The van der Waals surface area contributed by atoms with E-state index in [0.717, 1.165) is 12.6 Å². The van der Waals surface area contributed by atoms with Crippen LogP contribution in [0.5, 0.6) is 0 Å². The summed E-state index contributed by atoms with van der Waals surface area (Å²) in [5.41, 5.74) is 0.353. The van der Waals surface area contributed by atoms with Gasteiger partial charge in [0, 0.05) is 24.6 Å². The van der Waals surface area contributed by atoms with Gasteiger partial charge in [-0.1, -0.05) is 0 Å². The third-order valence-corrected chi connectivity index (χ3v) is 2.29. The molecule has 2 rings (SSSR count). The molecule has 0 bridgehead atoms. The van der Waals surface area contributed by atoms with Crippen molar-refractivity contribution in [3.8, 4) is 11.3 Å². The van der Waals surface area contributed by atoms with Gasteiger partial charge in [-0.05, 0) is 19.2 Å². The van der Waals surface area contributed by atoms with Gasteiger partial charge in [0.2, 0.25) is 0 Å². The fourth-order valence-corrected chi connectivity index (χ4v) is 1.49. The third-order valence-electron chi connectivity index (χ3n) is 2.29. The Balaban J connectivity index is 2.24. The second-order valence-electron chi connectivity index (χ2n) is 3.63. The Morgan fingerprint density at radius 3 is 2.59 bits per heavy atom. The average Bonchev–Trinajstić information content (AvgIpc) is 2.73. The van der Waals surface area contributed by atoms with E-state index in [1.807, 2.05) is 7.05 Å². The quantitative estimate of drug-likeness (QED) is 0.888. The van der Waals surface area contributed by atoms with Crippen molar-refractivity contribution in [1.29, 1.82) is 0 Å². The van der Waals surface area contributed by atoms with Crippen LogP contribution in [0.15, 0.2) is 28.8 Å². The SMILES string of the molecule is CNCCc1ncc(-c2cc(F)cc(F)c2)o1. The lowest BCUT2D eigenvalue weighted by molar-refractivity contribution is 0.499. The lowest BCUT2D eigenvalue weighted by Gasteiger charge is -1.98. The molecule has 3 nitrogen and oxygen atoms in total. The Morgan fingerprint density at radius 2 is 1.94 bits per heavy atom. The summed E-state index contributed by atoms with van der Waals surface area (Å²) in [5, 5.41) is 2.96. The van der Waals surface area contributed by atoms with Gasteiger partial charge in [-0.3, -0.25) is 0 Å². The van der Waals surface area contributed by atoms with E-state index in [9.17, 15) is 8.78 Å². The van der Waals surface area contributed by atoms with Crippen molar-refractivity contribution in [2.24, 2.45) is 0 Å². The van der Waals surface area contributed by atoms with E-state index in [1.165, 1.54) is 18.3 Å². The number of likely N-dealkylation sites (N-methyl/N-ethyl adjacent to an activating group) is 1. The smallest absolute Gasteiger partial charge is 0.196 e. The van der Waals surface area contributed by atoms with Crippen LogP contribution >= 0.6 is 0 Å². The number of hydrogen-bond donors (Lipinski definition) is 1. The first-order chi connectivity index (χ1) is 8.19. The molecule has 2 aromatic rings. The van der Waals surface area contributed by atoms with Crippen molar-refractivity contribution in [2.75, 3.05) is 13.6 Å². The predicted octanol–water partition coefficient (Wildman–Crippen LogP) is 2.38. The standard InChI is InChI=1S/C12H12F2N2O/c1-15-3-2-12-16-7-11(17-12)8-4-9(13)6-10(14)5-8/h4-7,15H,2-3H2,1H3. The number of oxazole rings is 1. The van der Waals surface area contributed by atoms with Crippen LogP contribution < -0.4 is 5.32 Å². The summed E-state index contributed by atoms with van der Waals surface area (Å²) >= 11 is 0. The number of rotatable bonds is 4. The second kappa shape index (κ2) is 5.05. The number of hydrogen-bond acceptors (Lipinski definition) is 3. The van der Waals surface area contributed by atoms with Crippen molar-refractivity contribution in [3.05, 3.63) is 41.9 Å². The molecule has 1 aromatic carbocycles. The van der Waals surface area contributed by atoms with E-state index in [1.54, 1.807) is 0 Å². The van der Waals surface area contributed by atoms with E-state index in [4.69, 9.17) is 4.42 Å². The van der Waals surface area contributed by atoms with Gasteiger partial charge in [0.25, 0.3) is 0 Å². The number of nitrogens with one attached hydrogen (secondary N) is 1. The molecule has 0 amide bonds. The van der Waals surface area contributed by atoms with Crippen LogP contribution in [0.25, 0.3) is 11.3 Å². The maximum Gasteiger partial charge on any atom is 0.196 e. The Morgan fingerprint density at radius 1 is 1.24 bits per heavy atom. The summed E-state index contributed by atoms with van der Waals surface area (Å²) in [5.74, 6) is -0.352. The molecule has 0 aliphatic heterocycles. The largest absolute Gasteiger partial charge is 0.441 e. The Kier molecular flexibility index (Phi) is 3.49. The molecule has 0 atom stereocenters. The first-order valence-electron chi connectivity index (χ1n) is 5.25. The zero-order valence-corrected chi connectivity index (χ0v) is 9.34. The van der Waals surface area contributed by atoms with Crippen LogP contribution in [-0.4, -0.2) is 18.6 Å². The number of nitrogens with zero attached hydrogens (tertiary/aromatic N) is 1. The van der Waals surface area contributed by atoms with Gasteiger partial charge >= 0.3 is 0 Å². The van der Waals surface area contributed by atoms with E-state index in [0.29, 0.717) is 23.6 Å². The van der Waals surface area contributed by atoms with E-state index in [-0.39, 0.29) is 0 Å². The fourth-order valence-electron chi connectivity index (χ4n) is 1.49. The summed E-state index contributed by atoms with van der Waals surface area (Å²) in [4.78, 5) is 4.04. The maximum absolute atomic E-state index is 13.0. The van der Waals surface area contributed by atoms with Crippen molar-refractivity contribution >= 4 is 0 Å². The van der Waals surface area contributed by atoms with E-state index >= 15 is 0 Å². The molecule has 90 valence electrons. The molecule has 0 unspecified atom stereocenters. The van der Waals surface area contributed by atoms with Crippen LogP contribution in [0, 0.1) is 11.6 Å². The maximum atomic E-state index is 13.0. The molecular weight excluding hydrogens is 226 g/mol. The number of benzene rings is 1. The Labute approximate surface area is 97.5 Å². The van der Waals surface area contributed by atoms with E-state index in [2.05, 4.69) is 10.3 Å². The normalized spacial score (nSPS) is 10.8. The second-order valence-corrected chi connectivity index (χ2v) is 3.63. The topological polar surface area (TPSA) is 38.1 Å². The molecule has 1 N–H and O–H groups in total.